The van der Waals surface area contributed by atoms with Gasteiger partial charge in [-0.3, -0.25) is 9.48 Å². The molecule has 0 spiro atoms. The van der Waals surface area contributed by atoms with Crippen molar-refractivity contribution in [2.24, 2.45) is 7.05 Å². The first-order chi connectivity index (χ1) is 13.5. The van der Waals surface area contributed by atoms with E-state index in [1.54, 1.807) is 21.7 Å². The molecule has 28 heavy (non-hydrogen) atoms. The second kappa shape index (κ2) is 7.34. The Labute approximate surface area is 162 Å². The normalized spacial score (nSPS) is 16.4. The van der Waals surface area contributed by atoms with Gasteiger partial charge >= 0.3 is 0 Å². The molecule has 3 aromatic rings. The summed E-state index contributed by atoms with van der Waals surface area (Å²) in [6.07, 6.45) is 5.85. The molecule has 0 bridgehead atoms. The van der Waals surface area contributed by atoms with Gasteiger partial charge in [0.1, 0.15) is 11.5 Å². The van der Waals surface area contributed by atoms with Crippen molar-refractivity contribution in [1.82, 2.24) is 24.6 Å². The van der Waals surface area contributed by atoms with Gasteiger partial charge in [0.05, 0.1) is 5.69 Å². The lowest BCUT2D eigenvalue weighted by molar-refractivity contribution is -0.125. The number of amides is 1. The van der Waals surface area contributed by atoms with Gasteiger partial charge < -0.3 is 4.90 Å². The summed E-state index contributed by atoms with van der Waals surface area (Å²) in [5, 5.41) is 4.50. The lowest BCUT2D eigenvalue weighted by Crippen LogP contribution is -2.26. The Bertz CT molecular complexity index is 1030. The maximum Gasteiger partial charge on any atom is 0.245 e. The van der Waals surface area contributed by atoms with Crippen LogP contribution in [0.15, 0.2) is 55.4 Å². The Morgan fingerprint density at radius 2 is 2.07 bits per heavy atom. The lowest BCUT2D eigenvalue weighted by Gasteiger charge is -2.16. The first-order valence-corrected chi connectivity index (χ1v) is 9.09. The molecular weight excluding hydrogens is 357 g/mol. The molecular formula is C21H20FN5O. The van der Waals surface area contributed by atoms with Gasteiger partial charge in [-0.2, -0.15) is 5.10 Å². The molecule has 0 aliphatic carbocycles. The van der Waals surface area contributed by atoms with Crippen LogP contribution in [0.2, 0.25) is 0 Å². The number of hydrogen-bond donors (Lipinski definition) is 0. The molecule has 1 amide bonds. The van der Waals surface area contributed by atoms with Crippen LogP contribution < -0.4 is 0 Å². The third-order valence-electron chi connectivity index (χ3n) is 4.99. The van der Waals surface area contributed by atoms with Crippen molar-refractivity contribution in [3.05, 3.63) is 66.8 Å². The van der Waals surface area contributed by atoms with E-state index in [0.29, 0.717) is 18.9 Å². The molecule has 142 valence electrons. The summed E-state index contributed by atoms with van der Waals surface area (Å²) >= 11 is 0. The molecule has 1 aromatic carbocycles. The van der Waals surface area contributed by atoms with Crippen LogP contribution in [0, 0.1) is 5.82 Å². The minimum Gasteiger partial charge on any atom is -0.339 e. The van der Waals surface area contributed by atoms with Gasteiger partial charge in [-0.25, -0.2) is 14.4 Å². The summed E-state index contributed by atoms with van der Waals surface area (Å²) in [5.41, 5.74) is 3.19. The highest BCUT2D eigenvalue weighted by atomic mass is 19.1. The third-order valence-corrected chi connectivity index (χ3v) is 4.99. The minimum atomic E-state index is -0.303. The number of rotatable bonds is 4. The number of aromatic nitrogens is 4. The Morgan fingerprint density at radius 1 is 1.29 bits per heavy atom. The first-order valence-electron chi connectivity index (χ1n) is 9.09. The lowest BCUT2D eigenvalue weighted by atomic mass is 9.96. The highest BCUT2D eigenvalue weighted by molar-refractivity contribution is 5.87. The van der Waals surface area contributed by atoms with Crippen molar-refractivity contribution in [3.63, 3.8) is 0 Å². The van der Waals surface area contributed by atoms with Crippen molar-refractivity contribution in [1.29, 1.82) is 0 Å². The maximum absolute atomic E-state index is 13.3. The highest BCUT2D eigenvalue weighted by Crippen LogP contribution is 2.34. The van der Waals surface area contributed by atoms with E-state index in [-0.39, 0.29) is 17.6 Å². The highest BCUT2D eigenvalue weighted by Gasteiger charge is 2.29. The Hall–Kier alpha value is -3.35. The van der Waals surface area contributed by atoms with Crippen LogP contribution >= 0.6 is 0 Å². The van der Waals surface area contributed by atoms with Gasteiger partial charge in [-0.05, 0) is 42.8 Å². The molecule has 1 saturated heterocycles. The summed E-state index contributed by atoms with van der Waals surface area (Å²) in [6, 6.07) is 8.01. The Kier molecular flexibility index (Phi) is 4.73. The zero-order chi connectivity index (χ0) is 19.7. The average molecular weight is 377 g/mol. The number of benzene rings is 1. The smallest absolute Gasteiger partial charge is 0.245 e. The largest absolute Gasteiger partial charge is 0.339 e. The maximum atomic E-state index is 13.3. The molecule has 0 N–H and O–H groups in total. The van der Waals surface area contributed by atoms with Crippen LogP contribution in [0.1, 0.15) is 17.9 Å². The van der Waals surface area contributed by atoms with Gasteiger partial charge in [0.25, 0.3) is 0 Å². The van der Waals surface area contributed by atoms with Crippen LogP contribution in [-0.2, 0) is 11.8 Å². The van der Waals surface area contributed by atoms with Crippen molar-refractivity contribution in [3.8, 4) is 22.8 Å². The zero-order valence-electron chi connectivity index (χ0n) is 15.5. The van der Waals surface area contributed by atoms with Crippen molar-refractivity contribution in [2.45, 2.75) is 12.3 Å². The Morgan fingerprint density at radius 3 is 2.75 bits per heavy atom. The molecule has 1 atom stereocenters. The zero-order valence-corrected chi connectivity index (χ0v) is 15.5. The number of carbonyl (C=O) groups excluding carboxylic acids is 1. The van der Waals surface area contributed by atoms with Gasteiger partial charge in [-0.15, -0.1) is 0 Å². The monoisotopic (exact) mass is 377 g/mol. The number of nitrogens with zero attached hydrogens (tertiary/aromatic N) is 5. The summed E-state index contributed by atoms with van der Waals surface area (Å²) in [4.78, 5) is 23.0. The molecule has 3 heterocycles. The molecule has 0 saturated carbocycles. The standard InChI is InChI=1S/C21H20FN5O/c1-3-19(28)27-11-8-15(13-27)17-12-23-21(14-4-6-16(22)7-5-14)24-20(17)18-9-10-26(2)25-18/h3-7,9-10,12,15H,1,8,11,13H2,2H3/t15-/m1/s1. The van der Waals surface area contributed by atoms with Gasteiger partial charge in [0.15, 0.2) is 5.82 Å². The fourth-order valence-corrected chi connectivity index (χ4v) is 3.52. The van der Waals surface area contributed by atoms with E-state index < -0.39 is 0 Å². The summed E-state index contributed by atoms with van der Waals surface area (Å²) in [5.74, 6) is 0.276. The number of likely N-dealkylation sites (tertiary alicyclic amines) is 1. The summed E-state index contributed by atoms with van der Waals surface area (Å²) in [6.45, 7) is 4.85. The molecule has 6 nitrogen and oxygen atoms in total. The van der Waals surface area contributed by atoms with Gasteiger partial charge in [-0.1, -0.05) is 6.58 Å². The molecule has 1 aliphatic heterocycles. The number of carbonyl (C=O) groups is 1. The van der Waals surface area contributed by atoms with Crippen molar-refractivity contribution < 1.29 is 9.18 Å². The van der Waals surface area contributed by atoms with Crippen molar-refractivity contribution in [2.75, 3.05) is 13.1 Å². The molecule has 1 aliphatic rings. The van der Waals surface area contributed by atoms with Crippen LogP contribution in [0.25, 0.3) is 22.8 Å². The third kappa shape index (κ3) is 3.43. The average Bonchev–Trinajstić information content (AvgIpc) is 3.37. The molecule has 1 fully saturated rings. The summed E-state index contributed by atoms with van der Waals surface area (Å²) < 4.78 is 15.0. The Balaban J connectivity index is 1.75. The fourth-order valence-electron chi connectivity index (χ4n) is 3.52. The minimum absolute atomic E-state index is 0.0641. The fraction of sp³-hybridized carbons (Fsp3) is 0.238. The second-order valence-corrected chi connectivity index (χ2v) is 6.85. The first kappa shape index (κ1) is 18.0. The van der Waals surface area contributed by atoms with Gasteiger partial charge in [0.2, 0.25) is 5.91 Å². The predicted molar refractivity (Wildman–Crippen MR) is 104 cm³/mol. The van der Waals surface area contributed by atoms with Gasteiger partial charge in [0, 0.05) is 49.6 Å². The van der Waals surface area contributed by atoms with Crippen molar-refractivity contribution >= 4 is 5.91 Å². The molecule has 4 rings (SSSR count). The molecule has 2 aromatic heterocycles. The van der Waals surface area contributed by atoms with E-state index in [9.17, 15) is 9.18 Å². The second-order valence-electron chi connectivity index (χ2n) is 6.85. The SMILES string of the molecule is C=CC(=O)N1CC[C@@H](c2cnc(-c3ccc(F)cc3)nc2-c2ccn(C)n2)C1. The van der Waals surface area contributed by atoms with E-state index in [1.807, 2.05) is 25.5 Å². The molecule has 7 heteroatoms. The van der Waals surface area contributed by atoms with Crippen LogP contribution in [-0.4, -0.2) is 43.6 Å². The number of aryl methyl sites for hydroxylation is 1. The quantitative estimate of drug-likeness (QED) is 0.655. The predicted octanol–water partition coefficient (Wildman–Crippen LogP) is 3.19. The van der Waals surface area contributed by atoms with E-state index >= 15 is 0 Å². The summed E-state index contributed by atoms with van der Waals surface area (Å²) in [7, 11) is 1.85. The van der Waals surface area contributed by atoms with E-state index in [4.69, 9.17) is 4.98 Å². The molecule has 0 unspecified atom stereocenters. The van der Waals surface area contributed by atoms with E-state index in [2.05, 4.69) is 16.7 Å². The molecule has 0 radical (unpaired) electrons. The van der Waals surface area contributed by atoms with Crippen LogP contribution in [0.4, 0.5) is 4.39 Å². The number of hydrogen-bond acceptors (Lipinski definition) is 4. The topological polar surface area (TPSA) is 63.9 Å². The van der Waals surface area contributed by atoms with E-state index in [1.165, 1.54) is 18.2 Å². The van der Waals surface area contributed by atoms with Crippen LogP contribution in [0.5, 0.6) is 0 Å². The van der Waals surface area contributed by atoms with E-state index in [0.717, 1.165) is 28.9 Å². The number of halogens is 1. The van der Waals surface area contributed by atoms with Crippen LogP contribution in [0.3, 0.4) is 0 Å².